The first-order chi connectivity index (χ1) is 14.0. The predicted molar refractivity (Wildman–Crippen MR) is 119 cm³/mol. The highest BCUT2D eigenvalue weighted by molar-refractivity contribution is 7.99. The number of hydrogen-bond donors (Lipinski definition) is 1. The van der Waals surface area contributed by atoms with Gasteiger partial charge in [0, 0.05) is 17.1 Å². The third kappa shape index (κ3) is 5.73. The second kappa shape index (κ2) is 10.1. The number of halogens is 3. The summed E-state index contributed by atoms with van der Waals surface area (Å²) in [6, 6.07) is 12.5. The minimum absolute atomic E-state index is 0.150. The van der Waals surface area contributed by atoms with Gasteiger partial charge in [0.2, 0.25) is 0 Å². The number of rotatable bonds is 7. The minimum Gasteiger partial charge on any atom is -0.302 e. The normalized spacial score (nSPS) is 11.2. The first-order valence-corrected chi connectivity index (χ1v) is 10.7. The van der Waals surface area contributed by atoms with Crippen molar-refractivity contribution in [3.8, 4) is 11.4 Å². The Labute approximate surface area is 187 Å². The van der Waals surface area contributed by atoms with Crippen LogP contribution in [0.5, 0.6) is 0 Å². The van der Waals surface area contributed by atoms with Gasteiger partial charge in [-0.1, -0.05) is 52.6 Å². The molecular weight excluding hydrogens is 453 g/mol. The van der Waals surface area contributed by atoms with Gasteiger partial charge in [-0.25, -0.2) is 5.43 Å². The molecule has 0 aliphatic rings. The lowest BCUT2D eigenvalue weighted by molar-refractivity contribution is -0.118. The molecule has 1 amide bonds. The maximum absolute atomic E-state index is 12.1. The average molecular weight is 469 g/mol. The summed E-state index contributed by atoms with van der Waals surface area (Å²) in [5.41, 5.74) is 4.12. The van der Waals surface area contributed by atoms with Gasteiger partial charge in [0.1, 0.15) is 0 Å². The average Bonchev–Trinajstić information content (AvgIpc) is 3.12. The van der Waals surface area contributed by atoms with Crippen LogP contribution < -0.4 is 5.43 Å². The fourth-order valence-electron chi connectivity index (χ4n) is 2.43. The molecule has 2 aromatic carbocycles. The van der Waals surface area contributed by atoms with Crippen molar-refractivity contribution < 1.29 is 4.79 Å². The van der Waals surface area contributed by atoms with Crippen LogP contribution in [-0.2, 0) is 11.3 Å². The summed E-state index contributed by atoms with van der Waals surface area (Å²) in [7, 11) is 0. The van der Waals surface area contributed by atoms with Crippen LogP contribution in [0.25, 0.3) is 11.4 Å². The van der Waals surface area contributed by atoms with E-state index in [-0.39, 0.29) is 11.7 Å². The molecule has 0 aliphatic carbocycles. The Morgan fingerprint density at radius 3 is 2.59 bits per heavy atom. The van der Waals surface area contributed by atoms with Crippen molar-refractivity contribution in [2.24, 2.45) is 5.10 Å². The smallest absolute Gasteiger partial charge is 0.250 e. The molecule has 29 heavy (non-hydrogen) atoms. The van der Waals surface area contributed by atoms with E-state index in [4.69, 9.17) is 34.8 Å². The monoisotopic (exact) mass is 467 g/mol. The highest BCUT2D eigenvalue weighted by atomic mass is 35.5. The Hall–Kier alpha value is -2.06. The summed E-state index contributed by atoms with van der Waals surface area (Å²) in [5, 5.41) is 14.6. The summed E-state index contributed by atoms with van der Waals surface area (Å²) in [6.07, 6.45) is 1.50. The quantitative estimate of drug-likeness (QED) is 0.295. The molecule has 150 valence electrons. The molecule has 0 radical (unpaired) electrons. The van der Waals surface area contributed by atoms with Gasteiger partial charge in [-0.15, -0.1) is 10.2 Å². The second-order valence-electron chi connectivity index (χ2n) is 5.81. The van der Waals surface area contributed by atoms with E-state index in [1.807, 2.05) is 23.6 Å². The largest absolute Gasteiger partial charge is 0.302 e. The Kier molecular flexibility index (Phi) is 7.55. The van der Waals surface area contributed by atoms with Crippen molar-refractivity contribution in [1.29, 1.82) is 0 Å². The third-order valence-electron chi connectivity index (χ3n) is 3.81. The highest BCUT2D eigenvalue weighted by Crippen LogP contribution is 2.25. The molecule has 0 atom stereocenters. The summed E-state index contributed by atoms with van der Waals surface area (Å²) in [6.45, 7) is 2.67. The fourth-order valence-corrected chi connectivity index (χ4v) is 3.65. The van der Waals surface area contributed by atoms with Crippen molar-refractivity contribution in [2.45, 2.75) is 18.6 Å². The van der Waals surface area contributed by atoms with E-state index >= 15 is 0 Å². The van der Waals surface area contributed by atoms with E-state index in [9.17, 15) is 4.79 Å². The van der Waals surface area contributed by atoms with E-state index in [2.05, 4.69) is 20.7 Å². The van der Waals surface area contributed by atoms with Crippen molar-refractivity contribution in [2.75, 3.05) is 5.75 Å². The summed E-state index contributed by atoms with van der Waals surface area (Å²) < 4.78 is 1.94. The van der Waals surface area contributed by atoms with E-state index in [1.54, 1.807) is 30.3 Å². The van der Waals surface area contributed by atoms with Gasteiger partial charge >= 0.3 is 0 Å². The highest BCUT2D eigenvalue weighted by Gasteiger charge is 2.14. The van der Waals surface area contributed by atoms with E-state index < -0.39 is 0 Å². The number of hydrazone groups is 1. The molecule has 0 spiro atoms. The lowest BCUT2D eigenvalue weighted by atomic mass is 10.2. The zero-order valence-electron chi connectivity index (χ0n) is 15.3. The van der Waals surface area contributed by atoms with Crippen molar-refractivity contribution >= 4 is 58.7 Å². The van der Waals surface area contributed by atoms with Crippen LogP contribution in [-0.4, -0.2) is 32.6 Å². The van der Waals surface area contributed by atoms with Gasteiger partial charge in [-0.2, -0.15) is 5.10 Å². The fraction of sp³-hybridized carbons (Fsp3) is 0.158. The number of hydrogen-bond acceptors (Lipinski definition) is 5. The van der Waals surface area contributed by atoms with Crippen LogP contribution in [0, 0.1) is 0 Å². The predicted octanol–water partition coefficient (Wildman–Crippen LogP) is 5.17. The Bertz CT molecular complexity index is 1040. The SMILES string of the molecule is CCn1c(SCC(=O)N/N=C\c2ccc(Cl)c(Cl)c2)nnc1-c1ccc(Cl)cc1. The molecule has 0 bridgehead atoms. The number of amides is 1. The molecule has 0 fully saturated rings. The van der Waals surface area contributed by atoms with Crippen molar-refractivity contribution in [3.05, 3.63) is 63.1 Å². The van der Waals surface area contributed by atoms with E-state index in [0.29, 0.717) is 26.8 Å². The lowest BCUT2D eigenvalue weighted by Gasteiger charge is -2.07. The second-order valence-corrected chi connectivity index (χ2v) is 8.01. The van der Waals surface area contributed by atoms with Crippen LogP contribution in [0.15, 0.2) is 52.7 Å². The van der Waals surface area contributed by atoms with Gasteiger partial charge in [0.05, 0.1) is 22.0 Å². The molecule has 3 aromatic rings. The standard InChI is InChI=1S/C19H16Cl3N5OS/c1-2-27-18(13-4-6-14(20)7-5-13)25-26-19(27)29-11-17(28)24-23-10-12-3-8-15(21)16(22)9-12/h3-10H,2,11H2,1H3,(H,24,28)/b23-10-. The maximum atomic E-state index is 12.1. The van der Waals surface area contributed by atoms with Crippen LogP contribution in [0.3, 0.4) is 0 Å². The van der Waals surface area contributed by atoms with Gasteiger partial charge in [-0.3, -0.25) is 4.79 Å². The van der Waals surface area contributed by atoms with Crippen LogP contribution >= 0.6 is 46.6 Å². The number of benzene rings is 2. The summed E-state index contributed by atoms with van der Waals surface area (Å²) >= 11 is 19.0. The van der Waals surface area contributed by atoms with Gasteiger partial charge in [0.15, 0.2) is 11.0 Å². The number of carbonyl (C=O) groups excluding carboxylic acids is 1. The van der Waals surface area contributed by atoms with Gasteiger partial charge in [0.25, 0.3) is 5.91 Å². The number of nitrogens with zero attached hydrogens (tertiary/aromatic N) is 4. The molecule has 1 N–H and O–H groups in total. The van der Waals surface area contributed by atoms with Crippen LogP contribution in [0.4, 0.5) is 0 Å². The van der Waals surface area contributed by atoms with Crippen molar-refractivity contribution in [3.63, 3.8) is 0 Å². The van der Waals surface area contributed by atoms with Crippen LogP contribution in [0.2, 0.25) is 15.1 Å². The molecule has 1 heterocycles. The molecule has 0 unspecified atom stereocenters. The number of carbonyl (C=O) groups is 1. The molecule has 6 nitrogen and oxygen atoms in total. The number of nitrogens with one attached hydrogen (secondary N) is 1. The molecule has 10 heteroatoms. The number of aromatic nitrogens is 3. The topological polar surface area (TPSA) is 72.2 Å². The summed E-state index contributed by atoms with van der Waals surface area (Å²) in [4.78, 5) is 12.1. The molecular formula is C19H16Cl3N5OS. The first-order valence-electron chi connectivity index (χ1n) is 8.57. The zero-order valence-corrected chi connectivity index (χ0v) is 18.4. The Balaban J connectivity index is 1.59. The van der Waals surface area contributed by atoms with Crippen molar-refractivity contribution in [1.82, 2.24) is 20.2 Å². The molecule has 1 aromatic heterocycles. The molecule has 3 rings (SSSR count). The third-order valence-corrected chi connectivity index (χ3v) is 5.77. The molecule has 0 saturated heterocycles. The van der Waals surface area contributed by atoms with Gasteiger partial charge < -0.3 is 4.57 Å². The Morgan fingerprint density at radius 1 is 1.14 bits per heavy atom. The summed E-state index contributed by atoms with van der Waals surface area (Å²) in [5.74, 6) is 0.618. The Morgan fingerprint density at radius 2 is 1.90 bits per heavy atom. The number of thioether (sulfide) groups is 1. The molecule has 0 saturated carbocycles. The van der Waals surface area contributed by atoms with Gasteiger partial charge in [-0.05, 0) is 48.9 Å². The lowest BCUT2D eigenvalue weighted by Crippen LogP contribution is -2.20. The minimum atomic E-state index is -0.259. The first kappa shape index (κ1) is 21.6. The zero-order chi connectivity index (χ0) is 20.8. The molecule has 0 aliphatic heterocycles. The van der Waals surface area contributed by atoms with E-state index in [1.165, 1.54) is 18.0 Å². The maximum Gasteiger partial charge on any atom is 0.250 e. The van der Waals surface area contributed by atoms with Crippen LogP contribution in [0.1, 0.15) is 12.5 Å². The van der Waals surface area contributed by atoms with E-state index in [0.717, 1.165) is 17.0 Å².